The lowest BCUT2D eigenvalue weighted by Crippen LogP contribution is -2.60. The Kier molecular flexibility index (Phi) is 4.00. The second-order valence-corrected chi connectivity index (χ2v) is 3.15. The number of ether oxygens (including phenoxy) is 3. The second kappa shape index (κ2) is 4.86. The predicted molar refractivity (Wildman–Crippen MR) is 45.7 cm³/mol. The van der Waals surface area contributed by atoms with E-state index in [9.17, 15) is 20.1 Å². The molecule has 1 fully saturated rings. The number of rotatable bonds is 2. The Labute approximate surface area is 86.2 Å². The van der Waals surface area contributed by atoms with Crippen molar-refractivity contribution in [3.63, 3.8) is 0 Å². The van der Waals surface area contributed by atoms with Gasteiger partial charge in [-0.3, -0.25) is 0 Å². The maximum Gasteiger partial charge on any atom is 0.337 e. The lowest BCUT2D eigenvalue weighted by Gasteiger charge is -2.38. The van der Waals surface area contributed by atoms with Gasteiger partial charge in [0.2, 0.25) is 0 Å². The molecule has 15 heavy (non-hydrogen) atoms. The molecule has 7 nitrogen and oxygen atoms in total. The van der Waals surface area contributed by atoms with E-state index in [4.69, 9.17) is 9.47 Å². The van der Waals surface area contributed by atoms with Crippen molar-refractivity contribution in [3.8, 4) is 0 Å². The molecule has 1 aliphatic rings. The summed E-state index contributed by atoms with van der Waals surface area (Å²) >= 11 is 0. The molecule has 0 aromatic rings. The van der Waals surface area contributed by atoms with E-state index in [1.54, 1.807) is 0 Å². The molecule has 1 aliphatic heterocycles. The van der Waals surface area contributed by atoms with Gasteiger partial charge in [-0.05, 0) is 0 Å². The molecule has 7 heteroatoms. The fourth-order valence-electron chi connectivity index (χ4n) is 1.42. The van der Waals surface area contributed by atoms with E-state index in [1.807, 2.05) is 0 Å². The fourth-order valence-corrected chi connectivity index (χ4v) is 1.42. The molecule has 1 unspecified atom stereocenters. The van der Waals surface area contributed by atoms with Gasteiger partial charge in [-0.15, -0.1) is 0 Å². The first-order valence-electron chi connectivity index (χ1n) is 4.33. The van der Waals surface area contributed by atoms with Crippen LogP contribution in [-0.2, 0) is 19.0 Å². The maximum absolute atomic E-state index is 11.2. The molecular weight excluding hydrogens is 208 g/mol. The average Bonchev–Trinajstić information content (AvgIpc) is 2.24. The largest absolute Gasteiger partial charge is 0.467 e. The molecule has 0 aromatic heterocycles. The van der Waals surface area contributed by atoms with Crippen molar-refractivity contribution in [1.82, 2.24) is 0 Å². The van der Waals surface area contributed by atoms with E-state index in [0.29, 0.717) is 0 Å². The highest BCUT2D eigenvalue weighted by atomic mass is 16.7. The van der Waals surface area contributed by atoms with E-state index in [-0.39, 0.29) is 0 Å². The lowest BCUT2D eigenvalue weighted by molar-refractivity contribution is -0.284. The minimum Gasteiger partial charge on any atom is -0.467 e. The predicted octanol–water partition coefficient (Wildman–Crippen LogP) is -2.39. The summed E-state index contributed by atoms with van der Waals surface area (Å²) < 4.78 is 14.0. The summed E-state index contributed by atoms with van der Waals surface area (Å²) in [6, 6.07) is 0. The minimum atomic E-state index is -1.64. The molecule has 5 atom stereocenters. The summed E-state index contributed by atoms with van der Waals surface area (Å²) in [5.41, 5.74) is 0. The molecular formula is C8H14O7. The zero-order valence-corrected chi connectivity index (χ0v) is 8.36. The Bertz CT molecular complexity index is 231. The standard InChI is InChI=1S/C8H14O7/c1-13-5-3(9)4(10)7(11)15-6(5)8(12)14-2/h3-7,9-11H,1-2H3/t3-,4-,5+,6+,7?/m1/s1. The van der Waals surface area contributed by atoms with Crippen LogP contribution in [-0.4, -0.2) is 66.2 Å². The highest BCUT2D eigenvalue weighted by molar-refractivity contribution is 5.75. The molecule has 0 amide bonds. The van der Waals surface area contributed by atoms with Gasteiger partial charge in [0.25, 0.3) is 0 Å². The molecule has 1 saturated heterocycles. The Morgan fingerprint density at radius 3 is 2.27 bits per heavy atom. The van der Waals surface area contributed by atoms with Gasteiger partial charge in [0.05, 0.1) is 7.11 Å². The molecule has 3 N–H and O–H groups in total. The monoisotopic (exact) mass is 222 g/mol. The minimum absolute atomic E-state index is 0.785. The van der Waals surface area contributed by atoms with Crippen LogP contribution >= 0.6 is 0 Å². The van der Waals surface area contributed by atoms with Crippen molar-refractivity contribution in [3.05, 3.63) is 0 Å². The average molecular weight is 222 g/mol. The SMILES string of the molecule is COC(=O)[C@H]1OC(O)[C@H](O)[C@@H](O)[C@@H]1OC. The fraction of sp³-hybridized carbons (Fsp3) is 0.875. The first kappa shape index (κ1) is 12.3. The second-order valence-electron chi connectivity index (χ2n) is 3.15. The van der Waals surface area contributed by atoms with Crippen LogP contribution in [0, 0.1) is 0 Å². The number of carbonyl (C=O) groups is 1. The van der Waals surface area contributed by atoms with Crippen LogP contribution in [0.1, 0.15) is 0 Å². The molecule has 88 valence electrons. The van der Waals surface area contributed by atoms with E-state index < -0.39 is 36.7 Å². The number of aliphatic hydroxyl groups excluding tert-OH is 3. The van der Waals surface area contributed by atoms with Gasteiger partial charge in [0, 0.05) is 7.11 Å². The Morgan fingerprint density at radius 1 is 1.20 bits per heavy atom. The topological polar surface area (TPSA) is 105 Å². The van der Waals surface area contributed by atoms with Crippen molar-refractivity contribution in [2.75, 3.05) is 14.2 Å². The van der Waals surface area contributed by atoms with Gasteiger partial charge >= 0.3 is 5.97 Å². The lowest BCUT2D eigenvalue weighted by atomic mass is 9.99. The molecule has 1 heterocycles. The van der Waals surface area contributed by atoms with Crippen LogP contribution in [0.3, 0.4) is 0 Å². The smallest absolute Gasteiger partial charge is 0.337 e. The third-order valence-corrected chi connectivity index (χ3v) is 2.27. The van der Waals surface area contributed by atoms with Gasteiger partial charge in [-0.1, -0.05) is 0 Å². The number of hydrogen-bond donors (Lipinski definition) is 3. The van der Waals surface area contributed by atoms with Gasteiger partial charge in [0.1, 0.15) is 18.3 Å². The van der Waals surface area contributed by atoms with E-state index in [0.717, 1.165) is 7.11 Å². The van der Waals surface area contributed by atoms with E-state index >= 15 is 0 Å². The van der Waals surface area contributed by atoms with Crippen LogP contribution in [0.2, 0.25) is 0 Å². The number of methoxy groups -OCH3 is 2. The van der Waals surface area contributed by atoms with Gasteiger partial charge < -0.3 is 29.5 Å². The number of aliphatic hydroxyl groups is 3. The zero-order chi connectivity index (χ0) is 11.6. The molecule has 0 aromatic carbocycles. The molecule has 0 aliphatic carbocycles. The van der Waals surface area contributed by atoms with Gasteiger partial charge in [-0.25, -0.2) is 4.79 Å². The number of hydrogen-bond acceptors (Lipinski definition) is 7. The molecule has 1 rings (SSSR count). The van der Waals surface area contributed by atoms with Gasteiger partial charge in [-0.2, -0.15) is 0 Å². The highest BCUT2D eigenvalue weighted by Crippen LogP contribution is 2.22. The van der Waals surface area contributed by atoms with Crippen molar-refractivity contribution >= 4 is 5.97 Å². The van der Waals surface area contributed by atoms with E-state index in [1.165, 1.54) is 7.11 Å². The van der Waals surface area contributed by atoms with Crippen LogP contribution in [0.25, 0.3) is 0 Å². The number of carbonyl (C=O) groups excluding carboxylic acids is 1. The van der Waals surface area contributed by atoms with Crippen LogP contribution in [0.4, 0.5) is 0 Å². The number of esters is 1. The van der Waals surface area contributed by atoms with Crippen LogP contribution in [0.15, 0.2) is 0 Å². The normalized spacial score (nSPS) is 41.3. The maximum atomic E-state index is 11.2. The highest BCUT2D eigenvalue weighted by Gasteiger charge is 2.47. The zero-order valence-electron chi connectivity index (χ0n) is 8.36. The molecule has 0 spiro atoms. The Balaban J connectivity index is 2.82. The van der Waals surface area contributed by atoms with Crippen molar-refractivity contribution < 1.29 is 34.3 Å². The summed E-state index contributed by atoms with van der Waals surface area (Å²) in [7, 11) is 2.39. The van der Waals surface area contributed by atoms with Gasteiger partial charge in [0.15, 0.2) is 12.4 Å². The van der Waals surface area contributed by atoms with Crippen LogP contribution < -0.4 is 0 Å². The quantitative estimate of drug-likeness (QED) is 0.448. The Morgan fingerprint density at radius 2 is 1.80 bits per heavy atom. The first-order valence-corrected chi connectivity index (χ1v) is 4.33. The van der Waals surface area contributed by atoms with Crippen molar-refractivity contribution in [1.29, 1.82) is 0 Å². The molecule has 0 saturated carbocycles. The van der Waals surface area contributed by atoms with Crippen LogP contribution in [0.5, 0.6) is 0 Å². The third kappa shape index (κ3) is 2.27. The summed E-state index contributed by atoms with van der Waals surface area (Å²) in [5, 5.41) is 27.9. The summed E-state index contributed by atoms with van der Waals surface area (Å²) in [4.78, 5) is 11.2. The first-order chi connectivity index (χ1) is 7.02. The van der Waals surface area contributed by atoms with Crippen molar-refractivity contribution in [2.45, 2.75) is 30.7 Å². The molecule has 0 radical (unpaired) electrons. The summed E-state index contributed by atoms with van der Waals surface area (Å²) in [5.74, 6) is -0.785. The third-order valence-electron chi connectivity index (χ3n) is 2.27. The summed E-state index contributed by atoms with van der Waals surface area (Å²) in [6.07, 6.45) is -6.90. The Hall–Kier alpha value is -0.730. The summed E-state index contributed by atoms with van der Waals surface area (Å²) in [6.45, 7) is 0. The van der Waals surface area contributed by atoms with E-state index in [2.05, 4.69) is 4.74 Å². The molecule has 0 bridgehead atoms. The van der Waals surface area contributed by atoms with Crippen molar-refractivity contribution in [2.24, 2.45) is 0 Å².